The SMILES string of the molecule is CC1CCCN(C(=O)CN2CCCCC2CCN)C1. The van der Waals surface area contributed by atoms with Crippen molar-refractivity contribution in [2.75, 3.05) is 32.7 Å². The van der Waals surface area contributed by atoms with Gasteiger partial charge in [0, 0.05) is 19.1 Å². The Morgan fingerprint density at radius 1 is 1.21 bits per heavy atom. The molecular formula is C15H29N3O. The van der Waals surface area contributed by atoms with Crippen molar-refractivity contribution >= 4 is 5.91 Å². The fourth-order valence-electron chi connectivity index (χ4n) is 3.48. The summed E-state index contributed by atoms with van der Waals surface area (Å²) in [5.41, 5.74) is 5.69. The Morgan fingerprint density at radius 2 is 2.05 bits per heavy atom. The largest absolute Gasteiger partial charge is 0.341 e. The van der Waals surface area contributed by atoms with Crippen LogP contribution in [0.3, 0.4) is 0 Å². The van der Waals surface area contributed by atoms with Crippen LogP contribution in [-0.4, -0.2) is 54.5 Å². The highest BCUT2D eigenvalue weighted by Gasteiger charge is 2.27. The fourth-order valence-corrected chi connectivity index (χ4v) is 3.48. The first-order chi connectivity index (χ1) is 9.20. The van der Waals surface area contributed by atoms with Gasteiger partial charge in [-0.25, -0.2) is 0 Å². The number of nitrogens with zero attached hydrogens (tertiary/aromatic N) is 2. The van der Waals surface area contributed by atoms with Crippen LogP contribution >= 0.6 is 0 Å². The van der Waals surface area contributed by atoms with Crippen molar-refractivity contribution in [3.8, 4) is 0 Å². The molecule has 2 saturated heterocycles. The highest BCUT2D eigenvalue weighted by molar-refractivity contribution is 5.78. The molecule has 2 fully saturated rings. The van der Waals surface area contributed by atoms with Gasteiger partial charge in [0.05, 0.1) is 6.54 Å². The molecule has 1 amide bonds. The molecule has 4 nitrogen and oxygen atoms in total. The minimum absolute atomic E-state index is 0.329. The summed E-state index contributed by atoms with van der Waals surface area (Å²) in [5.74, 6) is 0.995. The molecule has 0 aromatic heterocycles. The number of piperidine rings is 2. The molecule has 0 aromatic carbocycles. The Labute approximate surface area is 117 Å². The average Bonchev–Trinajstić information content (AvgIpc) is 2.41. The average molecular weight is 267 g/mol. The number of hydrogen-bond acceptors (Lipinski definition) is 3. The van der Waals surface area contributed by atoms with E-state index in [1.54, 1.807) is 0 Å². The standard InChI is InChI=1S/C15H29N3O/c1-13-5-4-10-18(11-13)15(19)12-17-9-3-2-6-14(17)7-8-16/h13-14H,2-12,16H2,1H3. The molecule has 0 saturated carbocycles. The molecule has 110 valence electrons. The Bertz CT molecular complexity index is 293. The molecule has 2 aliphatic rings. The maximum atomic E-state index is 12.4. The number of rotatable bonds is 4. The van der Waals surface area contributed by atoms with E-state index in [1.165, 1.54) is 32.1 Å². The first-order valence-corrected chi connectivity index (χ1v) is 7.92. The summed E-state index contributed by atoms with van der Waals surface area (Å²) in [4.78, 5) is 16.9. The van der Waals surface area contributed by atoms with Gasteiger partial charge in [0.2, 0.25) is 5.91 Å². The third kappa shape index (κ3) is 4.18. The number of likely N-dealkylation sites (tertiary alicyclic amines) is 2. The molecule has 4 heteroatoms. The third-order valence-electron chi connectivity index (χ3n) is 4.60. The number of carbonyl (C=O) groups is 1. The molecule has 2 heterocycles. The Morgan fingerprint density at radius 3 is 2.79 bits per heavy atom. The number of amides is 1. The second-order valence-corrected chi connectivity index (χ2v) is 6.28. The topological polar surface area (TPSA) is 49.6 Å². The van der Waals surface area contributed by atoms with Crippen LogP contribution in [-0.2, 0) is 4.79 Å². The number of nitrogens with two attached hydrogens (primary N) is 1. The van der Waals surface area contributed by atoms with Crippen LogP contribution in [0.15, 0.2) is 0 Å². The van der Waals surface area contributed by atoms with Gasteiger partial charge in [-0.15, -0.1) is 0 Å². The van der Waals surface area contributed by atoms with Gasteiger partial charge in [-0.1, -0.05) is 13.3 Å². The van der Waals surface area contributed by atoms with E-state index >= 15 is 0 Å². The van der Waals surface area contributed by atoms with Crippen LogP contribution in [0, 0.1) is 5.92 Å². The molecule has 0 bridgehead atoms. The molecule has 2 aliphatic heterocycles. The Balaban J connectivity index is 1.85. The van der Waals surface area contributed by atoms with Crippen molar-refractivity contribution in [3.63, 3.8) is 0 Å². The zero-order chi connectivity index (χ0) is 13.7. The van der Waals surface area contributed by atoms with Gasteiger partial charge in [-0.2, -0.15) is 0 Å². The van der Waals surface area contributed by atoms with Gasteiger partial charge in [0.15, 0.2) is 0 Å². The Hall–Kier alpha value is -0.610. The summed E-state index contributed by atoms with van der Waals surface area (Å²) in [6.07, 6.45) is 7.19. The predicted molar refractivity (Wildman–Crippen MR) is 77.9 cm³/mol. The third-order valence-corrected chi connectivity index (χ3v) is 4.60. The van der Waals surface area contributed by atoms with Crippen molar-refractivity contribution < 1.29 is 4.79 Å². The first kappa shape index (κ1) is 14.8. The molecule has 2 rings (SSSR count). The first-order valence-electron chi connectivity index (χ1n) is 7.92. The zero-order valence-corrected chi connectivity index (χ0v) is 12.3. The molecule has 0 aromatic rings. The lowest BCUT2D eigenvalue weighted by Crippen LogP contribution is -2.49. The lowest BCUT2D eigenvalue weighted by Gasteiger charge is -2.38. The van der Waals surface area contributed by atoms with Crippen molar-refractivity contribution in [2.24, 2.45) is 11.7 Å². The molecule has 19 heavy (non-hydrogen) atoms. The van der Waals surface area contributed by atoms with Crippen LogP contribution < -0.4 is 5.73 Å². The van der Waals surface area contributed by atoms with Gasteiger partial charge in [-0.3, -0.25) is 9.69 Å². The van der Waals surface area contributed by atoms with Gasteiger partial charge < -0.3 is 10.6 Å². The molecule has 0 aliphatic carbocycles. The van der Waals surface area contributed by atoms with E-state index in [-0.39, 0.29) is 0 Å². The second-order valence-electron chi connectivity index (χ2n) is 6.28. The monoisotopic (exact) mass is 267 g/mol. The molecule has 2 unspecified atom stereocenters. The summed E-state index contributed by atoms with van der Waals surface area (Å²) >= 11 is 0. The van der Waals surface area contributed by atoms with Gasteiger partial charge in [0.25, 0.3) is 0 Å². The van der Waals surface area contributed by atoms with Gasteiger partial charge >= 0.3 is 0 Å². The molecule has 0 spiro atoms. The van der Waals surface area contributed by atoms with Crippen molar-refractivity contribution in [1.29, 1.82) is 0 Å². The molecule has 2 N–H and O–H groups in total. The number of hydrogen-bond donors (Lipinski definition) is 1. The van der Waals surface area contributed by atoms with E-state index in [4.69, 9.17) is 5.73 Å². The molecule has 2 atom stereocenters. The van der Waals surface area contributed by atoms with Crippen molar-refractivity contribution in [1.82, 2.24) is 9.80 Å². The van der Waals surface area contributed by atoms with E-state index in [1.807, 2.05) is 0 Å². The smallest absolute Gasteiger partial charge is 0.236 e. The summed E-state index contributed by atoms with van der Waals surface area (Å²) in [5, 5.41) is 0. The van der Waals surface area contributed by atoms with E-state index in [9.17, 15) is 4.79 Å². The summed E-state index contributed by atoms with van der Waals surface area (Å²) in [7, 11) is 0. The normalized spacial score (nSPS) is 29.5. The van der Waals surface area contributed by atoms with E-state index in [2.05, 4.69) is 16.7 Å². The minimum Gasteiger partial charge on any atom is -0.341 e. The highest BCUT2D eigenvalue weighted by atomic mass is 16.2. The summed E-state index contributed by atoms with van der Waals surface area (Å²) in [6, 6.07) is 0.532. The maximum absolute atomic E-state index is 12.4. The second kappa shape index (κ2) is 7.25. The van der Waals surface area contributed by atoms with E-state index in [0.717, 1.165) is 32.6 Å². The minimum atomic E-state index is 0.329. The van der Waals surface area contributed by atoms with E-state index in [0.29, 0.717) is 24.4 Å². The van der Waals surface area contributed by atoms with Crippen LogP contribution in [0.25, 0.3) is 0 Å². The Kier molecular flexibility index (Phi) is 5.64. The van der Waals surface area contributed by atoms with E-state index < -0.39 is 0 Å². The van der Waals surface area contributed by atoms with Crippen LogP contribution in [0.2, 0.25) is 0 Å². The van der Waals surface area contributed by atoms with Gasteiger partial charge in [-0.05, 0) is 51.1 Å². The molecular weight excluding hydrogens is 238 g/mol. The maximum Gasteiger partial charge on any atom is 0.236 e. The summed E-state index contributed by atoms with van der Waals surface area (Å²) < 4.78 is 0. The van der Waals surface area contributed by atoms with Crippen LogP contribution in [0.4, 0.5) is 0 Å². The predicted octanol–water partition coefficient (Wildman–Crippen LogP) is 1.45. The van der Waals surface area contributed by atoms with Crippen LogP contribution in [0.1, 0.15) is 45.4 Å². The lowest BCUT2D eigenvalue weighted by molar-refractivity contribution is -0.135. The van der Waals surface area contributed by atoms with Gasteiger partial charge in [0.1, 0.15) is 0 Å². The zero-order valence-electron chi connectivity index (χ0n) is 12.3. The fraction of sp³-hybridized carbons (Fsp3) is 0.933. The number of carbonyl (C=O) groups excluding carboxylic acids is 1. The molecule has 0 radical (unpaired) electrons. The lowest BCUT2D eigenvalue weighted by atomic mass is 9.98. The quantitative estimate of drug-likeness (QED) is 0.838. The van der Waals surface area contributed by atoms with Crippen molar-refractivity contribution in [3.05, 3.63) is 0 Å². The highest BCUT2D eigenvalue weighted by Crippen LogP contribution is 2.20. The van der Waals surface area contributed by atoms with Crippen molar-refractivity contribution in [2.45, 2.75) is 51.5 Å². The summed E-state index contributed by atoms with van der Waals surface area (Å²) in [6.45, 7) is 6.57. The van der Waals surface area contributed by atoms with Crippen LogP contribution in [0.5, 0.6) is 0 Å².